The monoisotopic (exact) mass is 315 g/mol. The van der Waals surface area contributed by atoms with Crippen LogP contribution >= 0.6 is 0 Å². The first-order chi connectivity index (χ1) is 11.0. The Labute approximate surface area is 137 Å². The Hall–Kier alpha value is -1.26. The minimum Gasteiger partial charge on any atom is -0.493 e. The number of rotatable bonds is 1. The van der Waals surface area contributed by atoms with E-state index in [9.17, 15) is 5.11 Å². The van der Waals surface area contributed by atoms with Gasteiger partial charge in [0.15, 0.2) is 11.5 Å². The van der Waals surface area contributed by atoms with Crippen molar-refractivity contribution >= 4 is 0 Å². The second-order valence-corrected chi connectivity index (χ2v) is 8.03. The molecule has 1 unspecified atom stereocenters. The van der Waals surface area contributed by atoms with Gasteiger partial charge < -0.3 is 19.5 Å². The van der Waals surface area contributed by atoms with E-state index >= 15 is 0 Å². The van der Waals surface area contributed by atoms with Crippen molar-refractivity contribution in [2.24, 2.45) is 5.92 Å². The second-order valence-electron chi connectivity index (χ2n) is 8.03. The Morgan fingerprint density at radius 1 is 1.35 bits per heavy atom. The number of benzene rings is 1. The van der Waals surface area contributed by atoms with Crippen LogP contribution in [-0.4, -0.2) is 48.5 Å². The van der Waals surface area contributed by atoms with Crippen LogP contribution in [0.3, 0.4) is 0 Å². The molecule has 4 aliphatic rings. The number of piperidine rings is 1. The minimum atomic E-state index is -0.679. The number of hydrogen-bond acceptors (Lipinski definition) is 4. The molecule has 2 bridgehead atoms. The van der Waals surface area contributed by atoms with Gasteiger partial charge in [0.25, 0.3) is 0 Å². The zero-order valence-corrected chi connectivity index (χ0v) is 14.1. The number of ether oxygens (including phenoxy) is 2. The maximum absolute atomic E-state index is 11.9. The molecule has 1 saturated heterocycles. The summed E-state index contributed by atoms with van der Waals surface area (Å²) in [5.74, 6) is 2.19. The van der Waals surface area contributed by atoms with Gasteiger partial charge in [0, 0.05) is 11.6 Å². The summed E-state index contributed by atoms with van der Waals surface area (Å²) in [6, 6.07) is 4.42. The van der Waals surface area contributed by atoms with Gasteiger partial charge in [-0.2, -0.15) is 0 Å². The van der Waals surface area contributed by atoms with E-state index in [0.717, 1.165) is 43.7 Å². The SMILES string of the molecule is COc1ccc2c3c1O[C@H]1C(C)CC[C@@]4(O)[C@@H](C2)N(C)CC[C@]314. The first-order valence-corrected chi connectivity index (χ1v) is 8.82. The van der Waals surface area contributed by atoms with Crippen molar-refractivity contribution in [1.29, 1.82) is 0 Å². The molecule has 2 aliphatic carbocycles. The minimum absolute atomic E-state index is 0.0720. The topological polar surface area (TPSA) is 41.9 Å². The second kappa shape index (κ2) is 4.22. The van der Waals surface area contributed by atoms with Gasteiger partial charge in [-0.1, -0.05) is 13.0 Å². The van der Waals surface area contributed by atoms with Gasteiger partial charge in [0.1, 0.15) is 6.10 Å². The van der Waals surface area contributed by atoms with Crippen LogP contribution in [-0.2, 0) is 11.8 Å². The van der Waals surface area contributed by atoms with E-state index in [2.05, 4.69) is 24.9 Å². The molecule has 23 heavy (non-hydrogen) atoms. The summed E-state index contributed by atoms with van der Waals surface area (Å²) < 4.78 is 12.1. The fraction of sp³-hybridized carbons (Fsp3) is 0.684. The smallest absolute Gasteiger partial charge is 0.165 e. The third kappa shape index (κ3) is 1.38. The van der Waals surface area contributed by atoms with Crippen LogP contribution < -0.4 is 9.47 Å². The molecule has 124 valence electrons. The number of aliphatic hydroxyl groups is 1. The summed E-state index contributed by atoms with van der Waals surface area (Å²) in [5, 5.41) is 11.9. The molecule has 0 aromatic heterocycles. The largest absolute Gasteiger partial charge is 0.493 e. The molecular formula is C19H25NO3. The van der Waals surface area contributed by atoms with Gasteiger partial charge >= 0.3 is 0 Å². The Balaban J connectivity index is 1.84. The summed E-state index contributed by atoms with van der Waals surface area (Å²) in [6.07, 6.45) is 3.85. The fourth-order valence-electron chi connectivity index (χ4n) is 6.15. The van der Waals surface area contributed by atoms with E-state index in [4.69, 9.17) is 9.47 Å². The molecule has 0 amide bonds. The highest BCUT2D eigenvalue weighted by molar-refractivity contribution is 5.62. The standard InChI is InChI=1S/C19H25NO3/c1-11-6-7-19(21)14-10-12-4-5-13(22-3)16-15(12)18(19,17(11)23-16)8-9-20(14)2/h4-5,11,14,17,21H,6-10H2,1-3H3/t11?,14-,17+,18+,19-/m1/s1. The van der Waals surface area contributed by atoms with E-state index < -0.39 is 5.60 Å². The summed E-state index contributed by atoms with van der Waals surface area (Å²) >= 11 is 0. The first-order valence-electron chi connectivity index (χ1n) is 8.82. The van der Waals surface area contributed by atoms with Crippen LogP contribution in [0.1, 0.15) is 37.3 Å². The molecule has 1 N–H and O–H groups in total. The van der Waals surface area contributed by atoms with Gasteiger partial charge in [-0.05, 0) is 56.8 Å². The van der Waals surface area contributed by atoms with E-state index in [-0.39, 0.29) is 17.6 Å². The molecule has 0 radical (unpaired) electrons. The van der Waals surface area contributed by atoms with Gasteiger partial charge in [-0.15, -0.1) is 0 Å². The number of hydrogen-bond donors (Lipinski definition) is 1. The highest BCUT2D eigenvalue weighted by Crippen LogP contribution is 2.66. The quantitative estimate of drug-likeness (QED) is 0.862. The highest BCUT2D eigenvalue weighted by Gasteiger charge is 2.71. The Morgan fingerprint density at radius 2 is 2.17 bits per heavy atom. The molecule has 1 aromatic rings. The molecule has 4 nitrogen and oxygen atoms in total. The summed E-state index contributed by atoms with van der Waals surface area (Å²) in [6.45, 7) is 3.30. The van der Waals surface area contributed by atoms with Gasteiger partial charge in [0.2, 0.25) is 0 Å². The van der Waals surface area contributed by atoms with Crippen molar-refractivity contribution in [1.82, 2.24) is 4.90 Å². The molecule has 2 fully saturated rings. The molecule has 5 rings (SSSR count). The van der Waals surface area contributed by atoms with E-state index in [1.807, 2.05) is 6.07 Å². The van der Waals surface area contributed by atoms with Crippen molar-refractivity contribution in [3.63, 3.8) is 0 Å². The van der Waals surface area contributed by atoms with Crippen molar-refractivity contribution in [3.05, 3.63) is 23.3 Å². The number of likely N-dealkylation sites (tertiary alicyclic amines) is 1. The molecule has 5 atom stereocenters. The predicted molar refractivity (Wildman–Crippen MR) is 87.2 cm³/mol. The van der Waals surface area contributed by atoms with Gasteiger partial charge in [-0.3, -0.25) is 0 Å². The molecule has 4 heteroatoms. The summed E-state index contributed by atoms with van der Waals surface area (Å²) in [4.78, 5) is 2.36. The highest BCUT2D eigenvalue weighted by atomic mass is 16.5. The molecular weight excluding hydrogens is 290 g/mol. The van der Waals surface area contributed by atoms with Crippen molar-refractivity contribution in [2.45, 2.75) is 55.8 Å². The number of likely N-dealkylation sites (N-methyl/N-ethyl adjacent to an activating group) is 1. The van der Waals surface area contributed by atoms with Crippen molar-refractivity contribution in [3.8, 4) is 11.5 Å². The summed E-state index contributed by atoms with van der Waals surface area (Å²) in [5.41, 5.74) is 1.68. The lowest BCUT2D eigenvalue weighted by atomic mass is 9.48. The van der Waals surface area contributed by atoms with Crippen LogP contribution in [0.4, 0.5) is 0 Å². The average molecular weight is 315 g/mol. The number of methoxy groups -OCH3 is 1. The number of nitrogens with zero attached hydrogens (tertiary/aromatic N) is 1. The Bertz CT molecular complexity index is 689. The lowest BCUT2D eigenvalue weighted by molar-refractivity contribution is -0.191. The molecule has 1 spiro atoms. The van der Waals surface area contributed by atoms with Gasteiger partial charge in [0.05, 0.1) is 18.1 Å². The zero-order chi connectivity index (χ0) is 16.0. The van der Waals surface area contributed by atoms with E-state index in [1.54, 1.807) is 7.11 Å². The van der Waals surface area contributed by atoms with Gasteiger partial charge in [-0.25, -0.2) is 0 Å². The molecule has 1 aromatic carbocycles. The van der Waals surface area contributed by atoms with Crippen LogP contribution in [0.2, 0.25) is 0 Å². The van der Waals surface area contributed by atoms with E-state index in [1.165, 1.54) is 11.1 Å². The fourth-order valence-corrected chi connectivity index (χ4v) is 6.15. The average Bonchev–Trinajstić information content (AvgIpc) is 2.90. The molecule has 2 heterocycles. The maximum Gasteiger partial charge on any atom is 0.165 e. The van der Waals surface area contributed by atoms with Crippen molar-refractivity contribution < 1.29 is 14.6 Å². The Morgan fingerprint density at radius 3 is 2.96 bits per heavy atom. The summed E-state index contributed by atoms with van der Waals surface area (Å²) in [7, 11) is 3.87. The zero-order valence-electron chi connectivity index (χ0n) is 14.1. The van der Waals surface area contributed by atoms with Crippen LogP contribution in [0.15, 0.2) is 12.1 Å². The Kier molecular flexibility index (Phi) is 2.59. The lowest BCUT2D eigenvalue weighted by Gasteiger charge is -2.63. The maximum atomic E-state index is 11.9. The van der Waals surface area contributed by atoms with Crippen molar-refractivity contribution in [2.75, 3.05) is 20.7 Å². The predicted octanol–water partition coefficient (Wildman–Crippen LogP) is 2.12. The van der Waals surface area contributed by atoms with Crippen LogP contribution in [0.25, 0.3) is 0 Å². The van der Waals surface area contributed by atoms with Crippen LogP contribution in [0.5, 0.6) is 11.5 Å². The normalized spacial score (nSPS) is 43.7. The third-order valence-electron chi connectivity index (χ3n) is 7.23. The molecule has 2 aliphatic heterocycles. The lowest BCUT2D eigenvalue weighted by Crippen LogP contribution is -2.75. The third-order valence-corrected chi connectivity index (χ3v) is 7.23. The molecule has 1 saturated carbocycles. The first kappa shape index (κ1) is 14.1. The van der Waals surface area contributed by atoms with E-state index in [0.29, 0.717) is 5.92 Å². The van der Waals surface area contributed by atoms with Crippen LogP contribution in [0, 0.1) is 5.92 Å².